The fourth-order valence-electron chi connectivity index (χ4n) is 4.71. The van der Waals surface area contributed by atoms with Crippen LogP contribution < -0.4 is 10.1 Å². The molecule has 2 heterocycles. The summed E-state index contributed by atoms with van der Waals surface area (Å²) in [4.78, 5) is 26.7. The molecule has 37 heavy (non-hydrogen) atoms. The van der Waals surface area contributed by atoms with Crippen molar-refractivity contribution >= 4 is 38.7 Å². The van der Waals surface area contributed by atoms with E-state index in [0.717, 1.165) is 33.7 Å². The van der Waals surface area contributed by atoms with Crippen LogP contribution in [0.15, 0.2) is 91.3 Å². The Morgan fingerprint density at radius 3 is 2.51 bits per heavy atom. The van der Waals surface area contributed by atoms with Crippen molar-refractivity contribution in [1.82, 2.24) is 24.8 Å². The lowest BCUT2D eigenvalue weighted by Crippen LogP contribution is -2.28. The number of amides is 1. The second kappa shape index (κ2) is 9.35. The van der Waals surface area contributed by atoms with Crippen molar-refractivity contribution in [2.75, 3.05) is 7.11 Å². The lowest BCUT2D eigenvalue weighted by atomic mass is 10.1. The molecule has 2 aromatic heterocycles. The van der Waals surface area contributed by atoms with Crippen molar-refractivity contribution in [3.63, 3.8) is 0 Å². The van der Waals surface area contributed by atoms with Gasteiger partial charge in [-0.2, -0.15) is 0 Å². The van der Waals surface area contributed by atoms with Gasteiger partial charge in [-0.05, 0) is 59.7 Å². The predicted molar refractivity (Wildman–Crippen MR) is 145 cm³/mol. The number of rotatable bonds is 6. The molecule has 7 heteroatoms. The van der Waals surface area contributed by atoms with Crippen LogP contribution in [0.1, 0.15) is 34.7 Å². The summed E-state index contributed by atoms with van der Waals surface area (Å²) in [6, 6.07) is 25.6. The molecule has 0 saturated heterocycles. The number of hydrogen-bond acceptors (Lipinski definition) is 5. The van der Waals surface area contributed by atoms with Crippen LogP contribution in [0.5, 0.6) is 5.75 Å². The van der Waals surface area contributed by atoms with Gasteiger partial charge in [0.15, 0.2) is 0 Å². The standard InChI is InChI=1S/C30H25N5O2/c1-19(33-30(36)23-9-11-25-27(16-23)32-14-13-31-25)29-34-26-12-10-24(37-2)17-28(26)35(29)18-20-7-8-21-5-3-4-6-22(21)15-20/h3-17,19H,18H2,1-2H3,(H,33,36). The highest BCUT2D eigenvalue weighted by atomic mass is 16.5. The van der Waals surface area contributed by atoms with E-state index in [1.807, 2.05) is 43.3 Å². The van der Waals surface area contributed by atoms with Crippen LogP contribution in [-0.4, -0.2) is 32.5 Å². The van der Waals surface area contributed by atoms with Crippen LogP contribution in [0, 0.1) is 0 Å². The maximum atomic E-state index is 13.2. The number of benzene rings is 4. The Morgan fingerprint density at radius 2 is 1.68 bits per heavy atom. The van der Waals surface area contributed by atoms with Crippen molar-refractivity contribution in [3.8, 4) is 5.75 Å². The first-order valence-electron chi connectivity index (χ1n) is 12.1. The first-order chi connectivity index (χ1) is 18.1. The molecule has 4 aromatic carbocycles. The quantitative estimate of drug-likeness (QED) is 0.327. The highest BCUT2D eigenvalue weighted by molar-refractivity contribution is 5.97. The minimum atomic E-state index is -0.344. The van der Waals surface area contributed by atoms with Crippen molar-refractivity contribution < 1.29 is 9.53 Å². The normalized spacial score (nSPS) is 12.2. The monoisotopic (exact) mass is 487 g/mol. The number of nitrogens with one attached hydrogen (secondary N) is 1. The number of imidazole rings is 1. The van der Waals surface area contributed by atoms with E-state index in [-0.39, 0.29) is 11.9 Å². The van der Waals surface area contributed by atoms with Crippen molar-refractivity contribution in [2.45, 2.75) is 19.5 Å². The summed E-state index contributed by atoms with van der Waals surface area (Å²) in [6.07, 6.45) is 3.26. The van der Waals surface area contributed by atoms with Crippen molar-refractivity contribution in [2.24, 2.45) is 0 Å². The van der Waals surface area contributed by atoms with E-state index in [9.17, 15) is 4.79 Å². The molecule has 0 aliphatic carbocycles. The topological polar surface area (TPSA) is 81.9 Å². The van der Waals surface area contributed by atoms with Gasteiger partial charge in [-0.25, -0.2) is 4.98 Å². The van der Waals surface area contributed by atoms with E-state index in [4.69, 9.17) is 9.72 Å². The zero-order valence-corrected chi connectivity index (χ0v) is 20.6. The lowest BCUT2D eigenvalue weighted by molar-refractivity contribution is 0.0938. The zero-order valence-electron chi connectivity index (χ0n) is 20.6. The maximum Gasteiger partial charge on any atom is 0.251 e. The van der Waals surface area contributed by atoms with Crippen LogP contribution >= 0.6 is 0 Å². The Kier molecular flexibility index (Phi) is 5.73. The molecule has 0 fully saturated rings. The number of nitrogens with zero attached hydrogens (tertiary/aromatic N) is 4. The summed E-state index contributed by atoms with van der Waals surface area (Å²) >= 11 is 0. The third kappa shape index (κ3) is 4.36. The predicted octanol–water partition coefficient (Wildman–Crippen LogP) is 5.68. The molecule has 0 aliphatic rings. The number of carbonyl (C=O) groups excluding carboxylic acids is 1. The maximum absolute atomic E-state index is 13.2. The summed E-state index contributed by atoms with van der Waals surface area (Å²) in [7, 11) is 1.66. The summed E-state index contributed by atoms with van der Waals surface area (Å²) in [5.41, 5.74) is 4.90. The Balaban J connectivity index is 1.36. The molecular formula is C30H25N5O2. The number of fused-ring (bicyclic) bond motifs is 3. The average molecular weight is 488 g/mol. The van der Waals surface area contributed by atoms with Gasteiger partial charge in [-0.15, -0.1) is 0 Å². The van der Waals surface area contributed by atoms with Gasteiger partial charge in [-0.3, -0.25) is 14.8 Å². The van der Waals surface area contributed by atoms with Gasteiger partial charge in [-0.1, -0.05) is 36.4 Å². The highest BCUT2D eigenvalue weighted by Gasteiger charge is 2.20. The summed E-state index contributed by atoms with van der Waals surface area (Å²) in [5.74, 6) is 1.33. The molecule has 0 spiro atoms. The van der Waals surface area contributed by atoms with E-state index >= 15 is 0 Å². The van der Waals surface area contributed by atoms with Gasteiger partial charge in [0, 0.05) is 30.6 Å². The van der Waals surface area contributed by atoms with Crippen LogP contribution in [0.2, 0.25) is 0 Å². The summed E-state index contributed by atoms with van der Waals surface area (Å²) in [6.45, 7) is 2.56. The minimum Gasteiger partial charge on any atom is -0.497 e. The number of carbonyl (C=O) groups is 1. The SMILES string of the molecule is COc1ccc2nc(C(C)NC(=O)c3ccc4nccnc4c3)n(Cc3ccc4ccccc4c3)c2c1. The first kappa shape index (κ1) is 22.7. The van der Waals surface area contributed by atoms with Crippen LogP contribution in [0.4, 0.5) is 0 Å². The highest BCUT2D eigenvalue weighted by Crippen LogP contribution is 2.27. The molecular weight excluding hydrogens is 462 g/mol. The van der Waals surface area contributed by atoms with Crippen molar-refractivity contribution in [3.05, 3.63) is 108 Å². The molecule has 0 aliphatic heterocycles. The Bertz CT molecular complexity index is 1780. The fourth-order valence-corrected chi connectivity index (χ4v) is 4.71. The van der Waals surface area contributed by atoms with Gasteiger partial charge in [0.1, 0.15) is 11.6 Å². The van der Waals surface area contributed by atoms with E-state index < -0.39 is 0 Å². The van der Waals surface area contributed by atoms with Gasteiger partial charge < -0.3 is 14.6 Å². The molecule has 6 rings (SSSR count). The molecule has 1 atom stereocenters. The first-order valence-corrected chi connectivity index (χ1v) is 12.1. The molecule has 0 radical (unpaired) electrons. The average Bonchev–Trinajstić information content (AvgIpc) is 3.30. The molecule has 1 unspecified atom stereocenters. The molecule has 1 N–H and O–H groups in total. The summed E-state index contributed by atoms with van der Waals surface area (Å²) in [5, 5.41) is 5.50. The second-order valence-corrected chi connectivity index (χ2v) is 9.05. The summed E-state index contributed by atoms with van der Waals surface area (Å²) < 4.78 is 7.64. The number of methoxy groups -OCH3 is 1. The number of ether oxygens (including phenoxy) is 1. The van der Waals surface area contributed by atoms with Crippen LogP contribution in [0.3, 0.4) is 0 Å². The van der Waals surface area contributed by atoms with E-state index in [1.165, 1.54) is 10.8 Å². The van der Waals surface area contributed by atoms with Crippen LogP contribution in [0.25, 0.3) is 32.8 Å². The van der Waals surface area contributed by atoms with E-state index in [0.29, 0.717) is 17.6 Å². The third-order valence-corrected chi connectivity index (χ3v) is 6.61. The second-order valence-electron chi connectivity index (χ2n) is 9.05. The van der Waals surface area contributed by atoms with Gasteiger partial charge in [0.05, 0.1) is 35.2 Å². The van der Waals surface area contributed by atoms with Crippen molar-refractivity contribution in [1.29, 1.82) is 0 Å². The number of hydrogen-bond donors (Lipinski definition) is 1. The van der Waals surface area contributed by atoms with E-state index in [2.05, 4.69) is 50.2 Å². The zero-order chi connectivity index (χ0) is 25.4. The van der Waals surface area contributed by atoms with E-state index in [1.54, 1.807) is 31.6 Å². The number of aromatic nitrogens is 4. The Morgan fingerprint density at radius 1 is 0.892 bits per heavy atom. The Hall–Kier alpha value is -4.78. The Labute approximate surface area is 213 Å². The fraction of sp³-hybridized carbons (Fsp3) is 0.133. The third-order valence-electron chi connectivity index (χ3n) is 6.61. The molecule has 6 aromatic rings. The molecule has 0 bridgehead atoms. The molecule has 7 nitrogen and oxygen atoms in total. The van der Waals surface area contributed by atoms with Gasteiger partial charge in [0.25, 0.3) is 5.91 Å². The smallest absolute Gasteiger partial charge is 0.251 e. The van der Waals surface area contributed by atoms with Gasteiger partial charge >= 0.3 is 0 Å². The lowest BCUT2D eigenvalue weighted by Gasteiger charge is -2.17. The largest absolute Gasteiger partial charge is 0.497 e. The molecule has 182 valence electrons. The van der Waals surface area contributed by atoms with Gasteiger partial charge in [0.2, 0.25) is 0 Å². The van der Waals surface area contributed by atoms with Crippen LogP contribution in [-0.2, 0) is 6.54 Å². The minimum absolute atomic E-state index is 0.193. The molecule has 1 amide bonds. The molecule has 0 saturated carbocycles.